The molecule has 0 saturated carbocycles. The Kier molecular flexibility index (Phi) is 5.47. The van der Waals surface area contributed by atoms with Gasteiger partial charge in [0, 0.05) is 21.8 Å². The maximum Gasteiger partial charge on any atom is 0.243 e. The van der Waals surface area contributed by atoms with Crippen molar-refractivity contribution < 1.29 is 17.9 Å². The molecular formula is C12H15BrFNO3S2. The second kappa shape index (κ2) is 6.74. The SMILES string of the molecule is O=S(=O)(NC1CCCSC1)c1cc(Br)cc(CO)c1F. The molecule has 2 rings (SSSR count). The number of thioether (sulfide) groups is 1. The summed E-state index contributed by atoms with van der Waals surface area (Å²) in [6, 6.07) is 2.41. The summed E-state index contributed by atoms with van der Waals surface area (Å²) in [6.07, 6.45) is 1.70. The van der Waals surface area contributed by atoms with E-state index in [9.17, 15) is 12.8 Å². The van der Waals surface area contributed by atoms with Crippen molar-refractivity contribution in [1.82, 2.24) is 4.72 Å². The van der Waals surface area contributed by atoms with Gasteiger partial charge in [-0.3, -0.25) is 0 Å². The summed E-state index contributed by atoms with van der Waals surface area (Å²) in [5, 5.41) is 9.08. The molecule has 1 aromatic carbocycles. The first-order valence-corrected chi connectivity index (χ1v) is 9.56. The molecule has 0 aliphatic carbocycles. The number of nitrogens with one attached hydrogen (secondary N) is 1. The van der Waals surface area contributed by atoms with Crippen molar-refractivity contribution in [3.05, 3.63) is 28.0 Å². The van der Waals surface area contributed by atoms with Crippen molar-refractivity contribution in [2.45, 2.75) is 30.4 Å². The highest BCUT2D eigenvalue weighted by Crippen LogP contribution is 2.25. The minimum absolute atomic E-state index is 0.0437. The second-order valence-electron chi connectivity index (χ2n) is 4.57. The summed E-state index contributed by atoms with van der Waals surface area (Å²) >= 11 is 4.82. The lowest BCUT2D eigenvalue weighted by atomic mass is 10.2. The van der Waals surface area contributed by atoms with E-state index >= 15 is 0 Å². The predicted molar refractivity (Wildman–Crippen MR) is 80.7 cm³/mol. The third kappa shape index (κ3) is 3.73. The number of rotatable bonds is 4. The standard InChI is InChI=1S/C12H15BrFNO3S2/c13-9-4-8(6-16)12(14)11(5-9)20(17,18)15-10-2-1-3-19-7-10/h4-5,10,15-16H,1-3,6-7H2. The first kappa shape index (κ1) is 16.2. The average molecular weight is 384 g/mol. The monoisotopic (exact) mass is 383 g/mol. The number of halogens is 2. The molecule has 0 radical (unpaired) electrons. The number of hydrogen-bond donors (Lipinski definition) is 2. The Labute approximate surface area is 130 Å². The molecule has 0 amide bonds. The van der Waals surface area contributed by atoms with Crippen LogP contribution in [0.5, 0.6) is 0 Å². The lowest BCUT2D eigenvalue weighted by molar-refractivity contribution is 0.274. The van der Waals surface area contributed by atoms with Crippen LogP contribution in [-0.4, -0.2) is 31.1 Å². The van der Waals surface area contributed by atoms with Crippen molar-refractivity contribution in [2.75, 3.05) is 11.5 Å². The lowest BCUT2D eigenvalue weighted by Gasteiger charge is -2.22. The third-order valence-corrected chi connectivity index (χ3v) is 6.21. The Hall–Kier alpha value is -0.150. The maximum atomic E-state index is 14.1. The lowest BCUT2D eigenvalue weighted by Crippen LogP contribution is -2.38. The first-order valence-electron chi connectivity index (χ1n) is 6.13. The Balaban J connectivity index is 2.31. The number of aliphatic hydroxyl groups is 1. The van der Waals surface area contributed by atoms with Gasteiger partial charge in [-0.25, -0.2) is 17.5 Å². The summed E-state index contributed by atoms with van der Waals surface area (Å²) in [5.41, 5.74) is -0.0437. The van der Waals surface area contributed by atoms with Crippen LogP contribution in [0.2, 0.25) is 0 Å². The van der Waals surface area contributed by atoms with Crippen LogP contribution < -0.4 is 4.72 Å². The fraction of sp³-hybridized carbons (Fsp3) is 0.500. The minimum Gasteiger partial charge on any atom is -0.392 e. The van der Waals surface area contributed by atoms with Crippen LogP contribution in [-0.2, 0) is 16.6 Å². The topological polar surface area (TPSA) is 66.4 Å². The molecule has 0 bridgehead atoms. The number of sulfonamides is 1. The van der Waals surface area contributed by atoms with Crippen LogP contribution in [0.1, 0.15) is 18.4 Å². The van der Waals surface area contributed by atoms with E-state index in [2.05, 4.69) is 20.7 Å². The zero-order chi connectivity index (χ0) is 14.8. The van der Waals surface area contributed by atoms with E-state index in [1.165, 1.54) is 12.1 Å². The van der Waals surface area contributed by atoms with E-state index in [0.717, 1.165) is 18.6 Å². The highest BCUT2D eigenvalue weighted by atomic mass is 79.9. The molecule has 0 spiro atoms. The summed E-state index contributed by atoms with van der Waals surface area (Å²) in [5.74, 6) is 0.825. The van der Waals surface area contributed by atoms with Gasteiger partial charge in [0.1, 0.15) is 10.7 Å². The summed E-state index contributed by atoms with van der Waals surface area (Å²) < 4.78 is 41.6. The van der Waals surface area contributed by atoms with Gasteiger partial charge < -0.3 is 5.11 Å². The van der Waals surface area contributed by atoms with Crippen molar-refractivity contribution in [3.8, 4) is 0 Å². The molecule has 20 heavy (non-hydrogen) atoms. The molecular weight excluding hydrogens is 369 g/mol. The molecule has 112 valence electrons. The van der Waals surface area contributed by atoms with Crippen molar-refractivity contribution >= 4 is 37.7 Å². The zero-order valence-electron chi connectivity index (χ0n) is 10.6. The van der Waals surface area contributed by atoms with E-state index in [1.54, 1.807) is 11.8 Å². The molecule has 1 aliphatic heterocycles. The molecule has 1 saturated heterocycles. The van der Waals surface area contributed by atoms with Gasteiger partial charge in [0.25, 0.3) is 0 Å². The van der Waals surface area contributed by atoms with Crippen LogP contribution in [0.25, 0.3) is 0 Å². The summed E-state index contributed by atoms with van der Waals surface area (Å²) in [4.78, 5) is -0.425. The molecule has 0 aromatic heterocycles. The van der Waals surface area contributed by atoms with Gasteiger partial charge in [0.2, 0.25) is 10.0 Å². The van der Waals surface area contributed by atoms with Crippen LogP contribution >= 0.6 is 27.7 Å². The van der Waals surface area contributed by atoms with Crippen molar-refractivity contribution in [1.29, 1.82) is 0 Å². The predicted octanol–water partition coefficient (Wildman–Crippen LogP) is 2.25. The quantitative estimate of drug-likeness (QED) is 0.836. The molecule has 1 aliphatic rings. The fourth-order valence-electron chi connectivity index (χ4n) is 2.05. The van der Waals surface area contributed by atoms with Gasteiger partial charge in [0.05, 0.1) is 6.61 Å². The minimum atomic E-state index is -3.93. The van der Waals surface area contributed by atoms with Crippen molar-refractivity contribution in [2.24, 2.45) is 0 Å². The van der Waals surface area contributed by atoms with E-state index in [0.29, 0.717) is 10.2 Å². The Morgan fingerprint density at radius 2 is 2.25 bits per heavy atom. The highest BCUT2D eigenvalue weighted by molar-refractivity contribution is 9.10. The largest absolute Gasteiger partial charge is 0.392 e. The molecule has 2 N–H and O–H groups in total. The van der Waals surface area contributed by atoms with Gasteiger partial charge in [-0.2, -0.15) is 11.8 Å². The first-order chi connectivity index (χ1) is 9.44. The molecule has 1 heterocycles. The van der Waals surface area contributed by atoms with E-state index < -0.39 is 27.3 Å². The molecule has 8 heteroatoms. The molecule has 1 unspecified atom stereocenters. The maximum absolute atomic E-state index is 14.1. The van der Waals surface area contributed by atoms with Crippen LogP contribution in [0, 0.1) is 5.82 Å². The molecule has 1 aromatic rings. The molecule has 1 atom stereocenters. The van der Waals surface area contributed by atoms with Gasteiger partial charge in [0.15, 0.2) is 0 Å². The van der Waals surface area contributed by atoms with E-state index in [1.807, 2.05) is 0 Å². The summed E-state index contributed by atoms with van der Waals surface area (Å²) in [7, 11) is -3.93. The molecule has 4 nitrogen and oxygen atoms in total. The third-order valence-electron chi connectivity index (χ3n) is 3.02. The normalized spacial score (nSPS) is 20.1. The average Bonchev–Trinajstić information content (AvgIpc) is 2.41. The van der Waals surface area contributed by atoms with E-state index in [-0.39, 0.29) is 11.6 Å². The summed E-state index contributed by atoms with van der Waals surface area (Å²) in [6.45, 7) is -0.549. The zero-order valence-corrected chi connectivity index (χ0v) is 13.8. The fourth-order valence-corrected chi connectivity index (χ4v) is 5.30. The van der Waals surface area contributed by atoms with Gasteiger partial charge in [-0.15, -0.1) is 0 Å². The van der Waals surface area contributed by atoms with Gasteiger partial charge in [-0.1, -0.05) is 15.9 Å². The number of benzene rings is 1. The van der Waals surface area contributed by atoms with Gasteiger partial charge in [-0.05, 0) is 30.7 Å². The van der Waals surface area contributed by atoms with Crippen LogP contribution in [0.3, 0.4) is 0 Å². The Morgan fingerprint density at radius 3 is 2.85 bits per heavy atom. The van der Waals surface area contributed by atoms with Gasteiger partial charge >= 0.3 is 0 Å². The number of hydrogen-bond acceptors (Lipinski definition) is 4. The van der Waals surface area contributed by atoms with Crippen LogP contribution in [0.4, 0.5) is 4.39 Å². The number of aliphatic hydroxyl groups excluding tert-OH is 1. The van der Waals surface area contributed by atoms with E-state index in [4.69, 9.17) is 5.11 Å². The Bertz CT molecular complexity index is 589. The smallest absolute Gasteiger partial charge is 0.243 e. The highest BCUT2D eigenvalue weighted by Gasteiger charge is 2.26. The van der Waals surface area contributed by atoms with Crippen LogP contribution in [0.15, 0.2) is 21.5 Å². The molecule has 1 fully saturated rings. The second-order valence-corrected chi connectivity index (χ2v) is 8.32. The Morgan fingerprint density at radius 1 is 1.50 bits per heavy atom. The van der Waals surface area contributed by atoms with Crippen molar-refractivity contribution in [3.63, 3.8) is 0 Å².